The molecule has 0 aliphatic rings. The predicted molar refractivity (Wildman–Crippen MR) is 78.1 cm³/mol. The van der Waals surface area contributed by atoms with Crippen LogP contribution in [0.5, 0.6) is 0 Å². The van der Waals surface area contributed by atoms with E-state index in [1.807, 2.05) is 24.3 Å². The van der Waals surface area contributed by atoms with E-state index in [-0.39, 0.29) is 11.2 Å². The lowest BCUT2D eigenvalue weighted by Gasteiger charge is -2.19. The molecule has 0 radical (unpaired) electrons. The molecule has 2 rings (SSSR count). The van der Waals surface area contributed by atoms with Crippen molar-refractivity contribution in [2.75, 3.05) is 0 Å². The van der Waals surface area contributed by atoms with E-state index in [9.17, 15) is 4.79 Å². The van der Waals surface area contributed by atoms with Gasteiger partial charge in [-0.05, 0) is 31.2 Å². The zero-order valence-corrected chi connectivity index (χ0v) is 12.6. The van der Waals surface area contributed by atoms with Gasteiger partial charge in [0.05, 0.1) is 5.52 Å². The second-order valence-electron chi connectivity index (χ2n) is 5.52. The normalized spacial score (nSPS) is 11.8. The van der Waals surface area contributed by atoms with E-state index in [4.69, 9.17) is 0 Å². The predicted octanol–water partition coefficient (Wildman–Crippen LogP) is 4.50. The molecule has 0 aliphatic carbocycles. The minimum Gasteiger partial charge on any atom is -0.294 e. The first-order chi connectivity index (χ1) is 8.29. The number of halogens is 1. The Bertz CT molecular complexity index is 626. The lowest BCUT2D eigenvalue weighted by molar-refractivity contribution is 0.101. The van der Waals surface area contributed by atoms with E-state index in [2.05, 4.69) is 41.7 Å². The highest BCUT2D eigenvalue weighted by Crippen LogP contribution is 2.28. The van der Waals surface area contributed by atoms with Crippen LogP contribution in [-0.4, -0.2) is 10.8 Å². The molecule has 0 atom stereocenters. The molecule has 94 valence electrons. The number of pyridine rings is 1. The molecule has 3 heteroatoms. The molecule has 1 heterocycles. The van der Waals surface area contributed by atoms with Crippen LogP contribution in [0.4, 0.5) is 0 Å². The van der Waals surface area contributed by atoms with Gasteiger partial charge in [0.15, 0.2) is 5.78 Å². The van der Waals surface area contributed by atoms with Crippen molar-refractivity contribution >= 4 is 32.6 Å². The van der Waals surface area contributed by atoms with Crippen LogP contribution in [0, 0.1) is 0 Å². The average molecular weight is 306 g/mol. The topological polar surface area (TPSA) is 30.0 Å². The zero-order chi connectivity index (χ0) is 13.5. The largest absolute Gasteiger partial charge is 0.294 e. The van der Waals surface area contributed by atoms with Crippen LogP contribution in [0.15, 0.2) is 28.7 Å². The van der Waals surface area contributed by atoms with Crippen molar-refractivity contribution in [1.29, 1.82) is 0 Å². The molecule has 1 aromatic carbocycles. The van der Waals surface area contributed by atoms with Crippen molar-refractivity contribution in [1.82, 2.24) is 4.98 Å². The second kappa shape index (κ2) is 4.47. The molecule has 0 spiro atoms. The third kappa shape index (κ3) is 2.46. The fourth-order valence-electron chi connectivity index (χ4n) is 1.87. The Balaban J connectivity index is 2.83. The van der Waals surface area contributed by atoms with Crippen molar-refractivity contribution in [2.24, 2.45) is 0 Å². The van der Waals surface area contributed by atoms with Gasteiger partial charge in [-0.2, -0.15) is 0 Å². The number of aromatic nitrogens is 1. The molecule has 0 bridgehead atoms. The zero-order valence-electron chi connectivity index (χ0n) is 11.0. The Morgan fingerprint density at radius 2 is 1.89 bits per heavy atom. The molecule has 0 saturated heterocycles. The first-order valence-corrected chi connectivity index (χ1v) is 6.70. The molecule has 1 aromatic heterocycles. The number of rotatable bonds is 1. The monoisotopic (exact) mass is 305 g/mol. The van der Waals surface area contributed by atoms with Crippen molar-refractivity contribution in [3.63, 3.8) is 0 Å². The second-order valence-corrected chi connectivity index (χ2v) is 6.44. The van der Waals surface area contributed by atoms with Gasteiger partial charge in [-0.15, -0.1) is 0 Å². The minimum absolute atomic E-state index is 0.0640. The van der Waals surface area contributed by atoms with Gasteiger partial charge in [0.25, 0.3) is 0 Å². The van der Waals surface area contributed by atoms with Crippen molar-refractivity contribution in [3.8, 4) is 0 Å². The average Bonchev–Trinajstić information content (AvgIpc) is 2.25. The fourth-order valence-corrected chi connectivity index (χ4v) is 2.23. The molecule has 2 nitrogen and oxygen atoms in total. The molecular weight excluding hydrogens is 290 g/mol. The quantitative estimate of drug-likeness (QED) is 0.726. The summed E-state index contributed by atoms with van der Waals surface area (Å²) in [5, 5.41) is 0.907. The minimum atomic E-state index is -0.0640. The Hall–Kier alpha value is -1.22. The van der Waals surface area contributed by atoms with E-state index in [0.29, 0.717) is 0 Å². The Morgan fingerprint density at radius 3 is 2.44 bits per heavy atom. The van der Waals surface area contributed by atoms with Crippen LogP contribution < -0.4 is 0 Å². The number of fused-ring (bicyclic) bond motifs is 1. The van der Waals surface area contributed by atoms with Gasteiger partial charge >= 0.3 is 0 Å². The highest BCUT2D eigenvalue weighted by Gasteiger charge is 2.19. The number of hydrogen-bond acceptors (Lipinski definition) is 2. The van der Waals surface area contributed by atoms with Crippen molar-refractivity contribution in [2.45, 2.75) is 33.1 Å². The number of ketones is 1. The molecule has 0 N–H and O–H groups in total. The summed E-state index contributed by atoms with van der Waals surface area (Å²) >= 11 is 3.43. The maximum Gasteiger partial charge on any atom is 0.160 e. The summed E-state index contributed by atoms with van der Waals surface area (Å²) in [6, 6.07) is 7.76. The van der Waals surface area contributed by atoms with E-state index in [1.54, 1.807) is 6.92 Å². The lowest BCUT2D eigenvalue weighted by Crippen LogP contribution is -2.15. The van der Waals surface area contributed by atoms with E-state index < -0.39 is 0 Å². The SMILES string of the molecule is CC(=O)c1cc(C(C)(C)C)nc2ccc(Br)cc12. The molecule has 2 aromatic rings. The number of benzene rings is 1. The standard InChI is InChI=1S/C15H16BrNO/c1-9(18)11-8-14(15(2,3)4)17-13-6-5-10(16)7-12(11)13/h5-8H,1-4H3. The van der Waals surface area contributed by atoms with Crippen LogP contribution >= 0.6 is 15.9 Å². The summed E-state index contributed by atoms with van der Waals surface area (Å²) in [6.07, 6.45) is 0. The maximum atomic E-state index is 11.8. The van der Waals surface area contributed by atoms with Gasteiger partial charge < -0.3 is 0 Å². The smallest absolute Gasteiger partial charge is 0.160 e. The number of nitrogens with zero attached hydrogens (tertiary/aromatic N) is 1. The molecule has 0 aliphatic heterocycles. The molecule has 18 heavy (non-hydrogen) atoms. The molecule has 0 fully saturated rings. The van der Waals surface area contributed by atoms with Crippen LogP contribution in [-0.2, 0) is 5.41 Å². The van der Waals surface area contributed by atoms with Crippen LogP contribution in [0.3, 0.4) is 0 Å². The van der Waals surface area contributed by atoms with Gasteiger partial charge in [-0.1, -0.05) is 36.7 Å². The van der Waals surface area contributed by atoms with E-state index in [1.165, 1.54) is 0 Å². The maximum absolute atomic E-state index is 11.8. The Kier molecular flexibility index (Phi) is 3.28. The molecule has 0 amide bonds. The third-order valence-corrected chi connectivity index (χ3v) is 3.41. The number of carbonyl (C=O) groups excluding carboxylic acids is 1. The first kappa shape index (κ1) is 13.2. The van der Waals surface area contributed by atoms with Gasteiger partial charge in [-0.25, -0.2) is 0 Å². The summed E-state index contributed by atoms with van der Waals surface area (Å²) in [6.45, 7) is 7.90. The van der Waals surface area contributed by atoms with Gasteiger partial charge in [0.1, 0.15) is 0 Å². The van der Waals surface area contributed by atoms with Gasteiger partial charge in [0.2, 0.25) is 0 Å². The van der Waals surface area contributed by atoms with Gasteiger partial charge in [-0.3, -0.25) is 9.78 Å². The summed E-state index contributed by atoms with van der Waals surface area (Å²) in [5.41, 5.74) is 2.50. The van der Waals surface area contributed by atoms with Crippen LogP contribution in [0.25, 0.3) is 10.9 Å². The highest BCUT2D eigenvalue weighted by atomic mass is 79.9. The number of carbonyl (C=O) groups is 1. The summed E-state index contributed by atoms with van der Waals surface area (Å²) < 4.78 is 0.961. The Morgan fingerprint density at radius 1 is 1.22 bits per heavy atom. The summed E-state index contributed by atoms with van der Waals surface area (Å²) in [7, 11) is 0. The molecule has 0 saturated carbocycles. The first-order valence-electron chi connectivity index (χ1n) is 5.91. The number of hydrogen-bond donors (Lipinski definition) is 0. The van der Waals surface area contributed by atoms with Crippen LogP contribution in [0.2, 0.25) is 0 Å². The Labute approximate surface area is 116 Å². The summed E-state index contributed by atoms with van der Waals surface area (Å²) in [5.74, 6) is 0.0750. The van der Waals surface area contributed by atoms with Crippen LogP contribution in [0.1, 0.15) is 43.7 Å². The fraction of sp³-hybridized carbons (Fsp3) is 0.333. The lowest BCUT2D eigenvalue weighted by atomic mass is 9.89. The van der Waals surface area contributed by atoms with Crippen molar-refractivity contribution < 1.29 is 4.79 Å². The van der Waals surface area contributed by atoms with E-state index in [0.717, 1.165) is 26.6 Å². The van der Waals surface area contributed by atoms with Crippen molar-refractivity contribution in [3.05, 3.63) is 40.0 Å². The number of Topliss-reactive ketones (excluding diaryl/α,β-unsaturated/α-hetero) is 1. The third-order valence-electron chi connectivity index (χ3n) is 2.92. The van der Waals surface area contributed by atoms with E-state index >= 15 is 0 Å². The van der Waals surface area contributed by atoms with Gasteiger partial charge in [0, 0.05) is 26.5 Å². The molecule has 0 unspecified atom stereocenters. The highest BCUT2D eigenvalue weighted by molar-refractivity contribution is 9.10. The molecular formula is C15H16BrNO. The summed E-state index contributed by atoms with van der Waals surface area (Å²) in [4.78, 5) is 16.5.